The summed E-state index contributed by atoms with van der Waals surface area (Å²) in [6, 6.07) is 0. The third-order valence-electron chi connectivity index (χ3n) is 0.419. The molecular weight excluding hydrogens is 350 g/mol. The SMILES string of the molecule is [I][Ge]1([I])[CH]=[CH]1. The van der Waals surface area contributed by atoms with Crippen molar-refractivity contribution in [3.8, 4) is 0 Å². The van der Waals surface area contributed by atoms with Crippen molar-refractivity contribution in [1.82, 2.24) is 0 Å². The molecule has 0 aromatic rings. The zero-order chi connectivity index (χ0) is 3.91. The van der Waals surface area contributed by atoms with Gasteiger partial charge in [-0.3, -0.25) is 0 Å². The second-order valence-electron chi connectivity index (χ2n) is 1.01. The van der Waals surface area contributed by atoms with Gasteiger partial charge in [-0.1, -0.05) is 0 Å². The van der Waals surface area contributed by atoms with Gasteiger partial charge in [0.1, 0.15) is 0 Å². The van der Waals surface area contributed by atoms with Crippen LogP contribution in [0.4, 0.5) is 0 Å². The molecule has 28 valence electrons. The molecule has 0 N–H and O–H groups in total. The van der Waals surface area contributed by atoms with E-state index in [1.165, 1.54) is 0 Å². The van der Waals surface area contributed by atoms with E-state index in [4.69, 9.17) is 0 Å². The van der Waals surface area contributed by atoms with E-state index in [0.29, 0.717) is 0 Å². The molecule has 0 aromatic carbocycles. The van der Waals surface area contributed by atoms with Crippen molar-refractivity contribution in [1.29, 1.82) is 0 Å². The summed E-state index contributed by atoms with van der Waals surface area (Å²) in [6.45, 7) is -1.06. The molecule has 5 heavy (non-hydrogen) atoms. The Balaban J connectivity index is 2.47. The van der Waals surface area contributed by atoms with Crippen LogP contribution in [0.1, 0.15) is 0 Å². The van der Waals surface area contributed by atoms with Crippen LogP contribution in [0.2, 0.25) is 0 Å². The first-order valence-electron chi connectivity index (χ1n) is 1.29. The molecule has 0 aromatic heterocycles. The molecule has 1 rings (SSSR count). The molecule has 0 radical (unpaired) electrons. The maximum atomic E-state index is 2.55. The van der Waals surface area contributed by atoms with E-state index in [1.54, 1.807) is 0 Å². The first-order valence-corrected chi connectivity index (χ1v) is 16.5. The molecule has 0 saturated carbocycles. The van der Waals surface area contributed by atoms with Gasteiger partial charge < -0.3 is 0 Å². The van der Waals surface area contributed by atoms with Crippen molar-refractivity contribution >= 4 is 47.1 Å². The van der Waals surface area contributed by atoms with Crippen molar-refractivity contribution < 1.29 is 0 Å². The fraction of sp³-hybridized carbons (Fsp3) is 0. The van der Waals surface area contributed by atoms with Crippen LogP contribution in [0, 0.1) is 0 Å². The second-order valence-corrected chi connectivity index (χ2v) is 34.5. The van der Waals surface area contributed by atoms with Gasteiger partial charge in [0.25, 0.3) is 0 Å². The average Bonchev–Trinajstić information content (AvgIpc) is 1.76. The van der Waals surface area contributed by atoms with Crippen LogP contribution < -0.4 is 0 Å². The summed E-state index contributed by atoms with van der Waals surface area (Å²) in [5, 5.41) is 0. The normalized spacial score (nSPS) is 26.8. The summed E-state index contributed by atoms with van der Waals surface area (Å²) in [7, 11) is 0. The molecule has 0 saturated heterocycles. The van der Waals surface area contributed by atoms with E-state index in [0.717, 1.165) is 0 Å². The third-order valence-corrected chi connectivity index (χ3v) is 9.65. The maximum absolute atomic E-state index is 2.55. The Labute approximate surface area is 56.0 Å². The van der Waals surface area contributed by atoms with Gasteiger partial charge in [-0.05, 0) is 0 Å². The molecule has 0 aliphatic carbocycles. The third kappa shape index (κ3) is 1.77. The van der Waals surface area contributed by atoms with E-state index in [1.807, 2.05) is 0 Å². The van der Waals surface area contributed by atoms with Gasteiger partial charge in [0.2, 0.25) is 0 Å². The summed E-state index contributed by atoms with van der Waals surface area (Å²) in [4.78, 5) is 4.70. The first kappa shape index (κ1) is 4.89. The first-order chi connectivity index (χ1) is 2.21. The van der Waals surface area contributed by atoms with Crippen molar-refractivity contribution in [2.45, 2.75) is 0 Å². The number of hydrogen-bond acceptors (Lipinski definition) is 0. The Morgan fingerprint density at radius 2 is 1.40 bits per heavy atom. The fourth-order valence-electron chi connectivity index (χ4n) is 0.0630. The van der Waals surface area contributed by atoms with Crippen molar-refractivity contribution in [3.05, 3.63) is 9.82 Å². The van der Waals surface area contributed by atoms with Gasteiger partial charge in [-0.25, -0.2) is 0 Å². The van der Waals surface area contributed by atoms with E-state index in [2.05, 4.69) is 50.2 Å². The Morgan fingerprint density at radius 3 is 1.40 bits per heavy atom. The predicted octanol–water partition coefficient (Wildman–Crippen LogP) is 1.95. The summed E-state index contributed by atoms with van der Waals surface area (Å²) in [5.74, 6) is 0. The zero-order valence-corrected chi connectivity index (χ0v) is 8.82. The molecule has 0 fully saturated rings. The van der Waals surface area contributed by atoms with Crippen molar-refractivity contribution in [3.63, 3.8) is 0 Å². The van der Waals surface area contributed by atoms with Gasteiger partial charge in [0.15, 0.2) is 0 Å². The van der Waals surface area contributed by atoms with E-state index in [-0.39, 0.29) is 0 Å². The van der Waals surface area contributed by atoms with Crippen LogP contribution in [-0.4, -0.2) is 6.65 Å². The molecule has 0 atom stereocenters. The monoisotopic (exact) mass is 354 g/mol. The molecular formula is C2H2GeI2. The number of rotatable bonds is 0. The predicted molar refractivity (Wildman–Crippen MR) is 42.9 cm³/mol. The fourth-order valence-corrected chi connectivity index (χ4v) is 11.4. The Bertz CT molecular complexity index is 67.7. The van der Waals surface area contributed by atoms with Gasteiger partial charge in [0.05, 0.1) is 0 Å². The van der Waals surface area contributed by atoms with Gasteiger partial charge in [-0.2, -0.15) is 0 Å². The Morgan fingerprint density at radius 1 is 1.20 bits per heavy atom. The summed E-state index contributed by atoms with van der Waals surface area (Å²) < 4.78 is 0. The van der Waals surface area contributed by atoms with Gasteiger partial charge in [0, 0.05) is 0 Å². The quantitative estimate of drug-likeness (QED) is 0.462. The van der Waals surface area contributed by atoms with Crippen LogP contribution in [0.25, 0.3) is 0 Å². The topological polar surface area (TPSA) is 0 Å². The van der Waals surface area contributed by atoms with Gasteiger partial charge >= 0.3 is 56.9 Å². The van der Waals surface area contributed by atoms with Crippen LogP contribution in [0.3, 0.4) is 0 Å². The molecule has 0 spiro atoms. The Kier molecular flexibility index (Phi) is 1.33. The Hall–Kier alpha value is 1.74. The molecule has 3 heteroatoms. The average molecular weight is 352 g/mol. The van der Waals surface area contributed by atoms with E-state index < -0.39 is 6.65 Å². The molecule has 1 aliphatic heterocycles. The zero-order valence-electron chi connectivity index (χ0n) is 2.41. The number of halogens is 2. The summed E-state index contributed by atoms with van der Waals surface area (Å²) in [6.07, 6.45) is 0. The van der Waals surface area contributed by atoms with Crippen molar-refractivity contribution in [2.24, 2.45) is 0 Å². The minimum absolute atomic E-state index is 1.06. The standard InChI is InChI=1S/C2H2GeI2/c4-3(5)1-2-3/h1-2H. The van der Waals surface area contributed by atoms with Crippen LogP contribution in [0.15, 0.2) is 9.82 Å². The molecule has 1 aliphatic rings. The van der Waals surface area contributed by atoms with Crippen LogP contribution in [-0.2, 0) is 0 Å². The second kappa shape index (κ2) is 1.36. The molecule has 0 unspecified atom stereocenters. The minimum atomic E-state index is -1.06. The van der Waals surface area contributed by atoms with E-state index in [9.17, 15) is 0 Å². The summed E-state index contributed by atoms with van der Waals surface area (Å²) in [5.41, 5.74) is 0. The molecule has 0 amide bonds. The molecule has 1 heterocycles. The number of hydrogen-bond donors (Lipinski definition) is 0. The molecule has 0 nitrogen and oxygen atoms in total. The van der Waals surface area contributed by atoms with Gasteiger partial charge in [-0.15, -0.1) is 0 Å². The van der Waals surface area contributed by atoms with Crippen molar-refractivity contribution in [2.75, 3.05) is 0 Å². The van der Waals surface area contributed by atoms with Crippen LogP contribution >= 0.6 is 40.4 Å². The van der Waals surface area contributed by atoms with E-state index >= 15 is 0 Å². The molecule has 0 bridgehead atoms. The van der Waals surface area contributed by atoms with Crippen LogP contribution in [0.5, 0.6) is 0 Å². The summed E-state index contributed by atoms with van der Waals surface area (Å²) >= 11 is 5.10.